The van der Waals surface area contributed by atoms with Gasteiger partial charge in [0.2, 0.25) is 0 Å². The molecule has 29 heavy (non-hydrogen) atoms. The molecule has 4 rings (SSSR count). The summed E-state index contributed by atoms with van der Waals surface area (Å²) in [5.74, 6) is 0.997. The first-order valence-electron chi connectivity index (χ1n) is 11.8. The molecule has 0 spiro atoms. The summed E-state index contributed by atoms with van der Waals surface area (Å²) in [7, 11) is 0. The lowest BCUT2D eigenvalue weighted by atomic mass is 9.43. The molecule has 0 heterocycles. The molecule has 11 atom stereocenters. The van der Waals surface area contributed by atoms with E-state index in [9.17, 15) is 20.1 Å². The number of carboxylic acids is 1. The first kappa shape index (κ1) is 21.6. The lowest BCUT2D eigenvalue weighted by molar-refractivity contribution is -0.207. The van der Waals surface area contributed by atoms with Crippen molar-refractivity contribution in [1.82, 2.24) is 0 Å². The maximum atomic E-state index is 11.5. The SMILES string of the molecule is CC(CCC(=O)O)C1CC[C@H]2C3[C@H](O)CC4C[C@H](O)CC[C@]4(C)[C@H]3C[C@H](O)[C@]12C. The van der Waals surface area contributed by atoms with Crippen molar-refractivity contribution in [3.8, 4) is 0 Å². The maximum Gasteiger partial charge on any atom is 0.303 e. The number of carbonyl (C=O) groups is 1. The van der Waals surface area contributed by atoms with Gasteiger partial charge in [-0.2, -0.15) is 0 Å². The van der Waals surface area contributed by atoms with E-state index >= 15 is 0 Å². The van der Waals surface area contributed by atoms with E-state index in [0.29, 0.717) is 30.1 Å². The van der Waals surface area contributed by atoms with Crippen molar-refractivity contribution in [2.75, 3.05) is 0 Å². The molecule has 0 aromatic heterocycles. The Kier molecular flexibility index (Phi) is 5.57. The molecule has 0 radical (unpaired) electrons. The molecule has 4 aliphatic rings. The van der Waals surface area contributed by atoms with Crippen molar-refractivity contribution in [3.63, 3.8) is 0 Å². The molecule has 4 aliphatic carbocycles. The van der Waals surface area contributed by atoms with Gasteiger partial charge in [-0.1, -0.05) is 20.8 Å². The van der Waals surface area contributed by atoms with Crippen molar-refractivity contribution in [1.29, 1.82) is 0 Å². The molecule has 4 saturated carbocycles. The van der Waals surface area contributed by atoms with E-state index in [1.807, 2.05) is 0 Å². The van der Waals surface area contributed by atoms with E-state index in [1.54, 1.807) is 0 Å². The number of carboxylic acid groups (broad SMARTS) is 1. The zero-order chi connectivity index (χ0) is 21.1. The quantitative estimate of drug-likeness (QED) is 0.571. The van der Waals surface area contributed by atoms with Gasteiger partial charge in [0.25, 0.3) is 0 Å². The third-order valence-corrected chi connectivity index (χ3v) is 10.3. The Hall–Kier alpha value is -0.650. The zero-order valence-corrected chi connectivity index (χ0v) is 18.3. The highest BCUT2D eigenvalue weighted by Gasteiger charge is 2.65. The van der Waals surface area contributed by atoms with Gasteiger partial charge in [0.15, 0.2) is 0 Å². The van der Waals surface area contributed by atoms with Crippen molar-refractivity contribution in [3.05, 3.63) is 0 Å². The first-order valence-corrected chi connectivity index (χ1v) is 11.8. The molecule has 5 heteroatoms. The molecule has 0 saturated heterocycles. The highest BCUT2D eigenvalue weighted by atomic mass is 16.4. The highest BCUT2D eigenvalue weighted by Crippen LogP contribution is 2.68. The summed E-state index contributed by atoms with van der Waals surface area (Å²) in [6.45, 7) is 6.72. The Morgan fingerprint density at radius 1 is 1.03 bits per heavy atom. The molecule has 0 aliphatic heterocycles. The van der Waals surface area contributed by atoms with Crippen molar-refractivity contribution in [2.24, 2.45) is 46.3 Å². The number of hydrogen-bond donors (Lipinski definition) is 4. The van der Waals surface area contributed by atoms with Gasteiger partial charge in [0, 0.05) is 6.42 Å². The number of hydrogen-bond acceptors (Lipinski definition) is 4. The smallest absolute Gasteiger partial charge is 0.303 e. The highest BCUT2D eigenvalue weighted by molar-refractivity contribution is 5.66. The lowest BCUT2D eigenvalue weighted by Gasteiger charge is -2.63. The predicted octanol–water partition coefficient (Wildman–Crippen LogP) is 3.45. The van der Waals surface area contributed by atoms with Crippen molar-refractivity contribution < 1.29 is 25.2 Å². The lowest BCUT2D eigenvalue weighted by Crippen LogP contribution is -2.62. The minimum absolute atomic E-state index is 0.0957. The van der Waals surface area contributed by atoms with E-state index in [2.05, 4.69) is 20.8 Å². The standard InChI is InChI=1S/C24H40O5/c1-13(4-7-21(28)29)16-5-6-17-22-18(12-20(27)24(16,17)3)23(2)9-8-15(25)10-14(23)11-19(22)26/h13-20,22,25-27H,4-12H2,1-3H3,(H,28,29)/t13?,14?,15-,16?,17+,18+,19-,20+,22?,23+,24-/m1/s1. The molecule has 4 unspecified atom stereocenters. The van der Waals surface area contributed by atoms with Crippen LogP contribution in [0.5, 0.6) is 0 Å². The Balaban J connectivity index is 1.61. The molecule has 4 N–H and O–H groups in total. The maximum absolute atomic E-state index is 11.5. The van der Waals surface area contributed by atoms with Crippen LogP contribution < -0.4 is 0 Å². The largest absolute Gasteiger partial charge is 0.481 e. The monoisotopic (exact) mass is 408 g/mol. The molecule has 0 amide bonds. The molecule has 4 fully saturated rings. The molecule has 5 nitrogen and oxygen atoms in total. The third kappa shape index (κ3) is 3.27. The van der Waals surface area contributed by atoms with Gasteiger partial charge in [-0.25, -0.2) is 0 Å². The minimum atomic E-state index is -0.748. The van der Waals surface area contributed by atoms with Gasteiger partial charge in [-0.05, 0) is 97.7 Å². The first-order chi connectivity index (χ1) is 13.6. The fourth-order valence-electron chi connectivity index (χ4n) is 8.68. The van der Waals surface area contributed by atoms with Crippen LogP contribution in [0.15, 0.2) is 0 Å². The summed E-state index contributed by atoms with van der Waals surface area (Å²) >= 11 is 0. The van der Waals surface area contributed by atoms with Gasteiger partial charge < -0.3 is 20.4 Å². The predicted molar refractivity (Wildman–Crippen MR) is 110 cm³/mol. The molecule has 0 aromatic rings. The van der Waals surface area contributed by atoms with Crippen LogP contribution in [-0.2, 0) is 4.79 Å². The molecular weight excluding hydrogens is 368 g/mol. The summed E-state index contributed by atoms with van der Waals surface area (Å²) in [5, 5.41) is 42.0. The number of rotatable bonds is 4. The number of aliphatic hydroxyl groups is 3. The van der Waals surface area contributed by atoms with Crippen LogP contribution in [-0.4, -0.2) is 44.7 Å². The molecule has 166 valence electrons. The van der Waals surface area contributed by atoms with Gasteiger partial charge >= 0.3 is 5.97 Å². The normalized spacial score (nSPS) is 52.9. The number of aliphatic hydroxyl groups excluding tert-OH is 3. The third-order valence-electron chi connectivity index (χ3n) is 10.3. The summed E-state index contributed by atoms with van der Waals surface area (Å²) in [5.41, 5.74) is -0.143. The van der Waals surface area contributed by atoms with E-state index in [-0.39, 0.29) is 41.3 Å². The Labute approximate surface area is 174 Å². The van der Waals surface area contributed by atoms with Gasteiger partial charge in [0.05, 0.1) is 18.3 Å². The summed E-state index contributed by atoms with van der Waals surface area (Å²) < 4.78 is 0. The van der Waals surface area contributed by atoms with Crippen molar-refractivity contribution >= 4 is 5.97 Å². The average molecular weight is 409 g/mol. The van der Waals surface area contributed by atoms with Crippen LogP contribution in [0.3, 0.4) is 0 Å². The number of fused-ring (bicyclic) bond motifs is 5. The Bertz CT molecular complexity index is 637. The van der Waals surface area contributed by atoms with Crippen LogP contribution in [0.2, 0.25) is 0 Å². The van der Waals surface area contributed by atoms with Crippen LogP contribution in [0.25, 0.3) is 0 Å². The van der Waals surface area contributed by atoms with Crippen LogP contribution in [0.4, 0.5) is 0 Å². The van der Waals surface area contributed by atoms with Gasteiger partial charge in [-0.15, -0.1) is 0 Å². The molecule has 0 bridgehead atoms. The summed E-state index contributed by atoms with van der Waals surface area (Å²) in [6, 6.07) is 0. The van der Waals surface area contributed by atoms with Crippen LogP contribution in [0.1, 0.15) is 78.6 Å². The average Bonchev–Trinajstić information content (AvgIpc) is 3.01. The van der Waals surface area contributed by atoms with E-state index in [0.717, 1.165) is 44.9 Å². The van der Waals surface area contributed by atoms with Gasteiger partial charge in [0.1, 0.15) is 0 Å². The topological polar surface area (TPSA) is 98.0 Å². The second-order valence-electron chi connectivity index (χ2n) is 11.4. The molecular formula is C24H40O5. The Morgan fingerprint density at radius 2 is 1.76 bits per heavy atom. The van der Waals surface area contributed by atoms with Crippen LogP contribution in [0, 0.1) is 46.3 Å². The van der Waals surface area contributed by atoms with Crippen LogP contribution >= 0.6 is 0 Å². The van der Waals surface area contributed by atoms with Crippen molar-refractivity contribution in [2.45, 2.75) is 96.9 Å². The zero-order valence-electron chi connectivity index (χ0n) is 18.3. The second-order valence-corrected chi connectivity index (χ2v) is 11.4. The number of aliphatic carboxylic acids is 1. The fraction of sp³-hybridized carbons (Fsp3) is 0.958. The second kappa shape index (κ2) is 7.49. The summed E-state index contributed by atoms with van der Waals surface area (Å²) in [4.78, 5) is 11.1. The van der Waals surface area contributed by atoms with E-state index in [4.69, 9.17) is 5.11 Å². The Morgan fingerprint density at radius 3 is 2.45 bits per heavy atom. The van der Waals surface area contributed by atoms with E-state index in [1.165, 1.54) is 0 Å². The summed E-state index contributed by atoms with van der Waals surface area (Å²) in [6.07, 6.45) is 6.00. The fourth-order valence-corrected chi connectivity index (χ4v) is 8.68. The van der Waals surface area contributed by atoms with E-state index < -0.39 is 12.1 Å². The molecule has 0 aromatic carbocycles. The minimum Gasteiger partial charge on any atom is -0.481 e. The van der Waals surface area contributed by atoms with Gasteiger partial charge in [-0.3, -0.25) is 4.79 Å².